The van der Waals surface area contributed by atoms with Gasteiger partial charge in [0.1, 0.15) is 11.9 Å². The first kappa shape index (κ1) is 16.2. The van der Waals surface area contributed by atoms with Crippen LogP contribution in [0, 0.1) is 5.92 Å². The van der Waals surface area contributed by atoms with Crippen LogP contribution < -0.4 is 5.32 Å². The minimum absolute atomic E-state index is 0.0438. The molecule has 2 unspecified atom stereocenters. The van der Waals surface area contributed by atoms with Crippen LogP contribution in [0.1, 0.15) is 37.4 Å². The van der Waals surface area contributed by atoms with Gasteiger partial charge in [0.25, 0.3) is 0 Å². The first-order valence-electron chi connectivity index (χ1n) is 7.91. The molecule has 0 bridgehead atoms. The highest BCUT2D eigenvalue weighted by atomic mass is 79.9. The smallest absolute Gasteiger partial charge is 0.120 e. The van der Waals surface area contributed by atoms with Crippen molar-refractivity contribution >= 4 is 21.6 Å². The Labute approximate surface area is 145 Å². The molecule has 3 nitrogen and oxygen atoms in total. The lowest BCUT2D eigenvalue weighted by molar-refractivity contribution is 0.345. The second-order valence-corrected chi connectivity index (χ2v) is 7.17. The molecule has 2 aromatic carbocycles. The summed E-state index contributed by atoms with van der Waals surface area (Å²) in [7, 11) is 0. The van der Waals surface area contributed by atoms with Gasteiger partial charge in [0, 0.05) is 28.2 Å². The van der Waals surface area contributed by atoms with Crippen LogP contribution >= 0.6 is 15.9 Å². The van der Waals surface area contributed by atoms with E-state index in [2.05, 4.69) is 47.2 Å². The number of phenolic OH excluding ortho intramolecular Hbond substituents is 1. The number of rotatable bonds is 3. The summed E-state index contributed by atoms with van der Waals surface area (Å²) in [6.07, 6.45) is 0.805. The summed E-state index contributed by atoms with van der Waals surface area (Å²) in [6, 6.07) is 15.8. The van der Waals surface area contributed by atoms with Crippen LogP contribution in [0.3, 0.4) is 0 Å². The summed E-state index contributed by atoms with van der Waals surface area (Å²) in [4.78, 5) is 4.90. The van der Waals surface area contributed by atoms with E-state index in [4.69, 9.17) is 4.99 Å². The highest BCUT2D eigenvalue weighted by molar-refractivity contribution is 9.10. The Morgan fingerprint density at radius 1 is 1.17 bits per heavy atom. The van der Waals surface area contributed by atoms with E-state index in [0.717, 1.165) is 27.7 Å². The van der Waals surface area contributed by atoms with Gasteiger partial charge in [-0.3, -0.25) is 10.3 Å². The molecule has 0 spiro atoms. The molecule has 23 heavy (non-hydrogen) atoms. The van der Waals surface area contributed by atoms with E-state index < -0.39 is 0 Å². The summed E-state index contributed by atoms with van der Waals surface area (Å²) < 4.78 is 1.05. The Morgan fingerprint density at radius 3 is 2.65 bits per heavy atom. The van der Waals surface area contributed by atoms with Crippen molar-refractivity contribution in [2.24, 2.45) is 10.9 Å². The third-order valence-electron chi connectivity index (χ3n) is 4.17. The summed E-state index contributed by atoms with van der Waals surface area (Å²) in [5, 5.41) is 13.8. The molecule has 0 aliphatic carbocycles. The van der Waals surface area contributed by atoms with E-state index in [0.29, 0.717) is 11.7 Å². The van der Waals surface area contributed by atoms with E-state index in [1.54, 1.807) is 6.07 Å². The Kier molecular flexibility index (Phi) is 4.83. The Morgan fingerprint density at radius 2 is 1.96 bits per heavy atom. The predicted octanol–water partition coefficient (Wildman–Crippen LogP) is 4.66. The highest BCUT2D eigenvalue weighted by Crippen LogP contribution is 2.32. The van der Waals surface area contributed by atoms with E-state index >= 15 is 0 Å². The molecule has 0 radical (unpaired) electrons. The van der Waals surface area contributed by atoms with Crippen molar-refractivity contribution < 1.29 is 5.11 Å². The van der Waals surface area contributed by atoms with Gasteiger partial charge in [0.15, 0.2) is 0 Å². The van der Waals surface area contributed by atoms with Gasteiger partial charge in [-0.05, 0) is 29.7 Å². The topological polar surface area (TPSA) is 44.6 Å². The van der Waals surface area contributed by atoms with Gasteiger partial charge in [0.05, 0.1) is 0 Å². The number of nitrogens with one attached hydrogen (secondary N) is 1. The SMILES string of the molecule is CC(C)C1N=C(c2cccc(Br)c2)CC(c2ccccc2O)N1. The van der Waals surface area contributed by atoms with Crippen LogP contribution in [0.5, 0.6) is 5.75 Å². The van der Waals surface area contributed by atoms with Gasteiger partial charge in [0.2, 0.25) is 0 Å². The molecule has 2 aromatic rings. The van der Waals surface area contributed by atoms with Gasteiger partial charge in [-0.2, -0.15) is 0 Å². The fourth-order valence-corrected chi connectivity index (χ4v) is 3.30. The molecule has 2 atom stereocenters. The number of nitrogens with zero attached hydrogens (tertiary/aromatic N) is 1. The molecule has 4 heteroatoms. The number of para-hydroxylation sites is 1. The lowest BCUT2D eigenvalue weighted by Crippen LogP contribution is -2.41. The number of hydrogen-bond donors (Lipinski definition) is 2. The molecule has 1 aliphatic rings. The summed E-state index contributed by atoms with van der Waals surface area (Å²) in [5.74, 6) is 0.716. The molecule has 3 rings (SSSR count). The monoisotopic (exact) mass is 372 g/mol. The normalized spacial score (nSPS) is 21.3. The van der Waals surface area contributed by atoms with Crippen molar-refractivity contribution in [3.8, 4) is 5.75 Å². The van der Waals surface area contributed by atoms with Crippen molar-refractivity contribution in [2.45, 2.75) is 32.5 Å². The first-order valence-corrected chi connectivity index (χ1v) is 8.70. The van der Waals surface area contributed by atoms with Crippen molar-refractivity contribution in [1.29, 1.82) is 0 Å². The zero-order valence-electron chi connectivity index (χ0n) is 13.3. The van der Waals surface area contributed by atoms with Crippen molar-refractivity contribution in [2.75, 3.05) is 0 Å². The van der Waals surface area contributed by atoms with Crippen LogP contribution in [0.4, 0.5) is 0 Å². The molecule has 2 N–H and O–H groups in total. The largest absolute Gasteiger partial charge is 0.508 e. The van der Waals surface area contributed by atoms with Gasteiger partial charge < -0.3 is 5.11 Å². The van der Waals surface area contributed by atoms with Gasteiger partial charge in [-0.15, -0.1) is 0 Å². The molecule has 0 aromatic heterocycles. The lowest BCUT2D eigenvalue weighted by atomic mass is 9.93. The maximum atomic E-state index is 10.2. The Bertz CT molecular complexity index is 727. The average molecular weight is 373 g/mol. The summed E-state index contributed by atoms with van der Waals surface area (Å²) in [5.41, 5.74) is 3.14. The van der Waals surface area contributed by atoms with Crippen LogP contribution in [0.25, 0.3) is 0 Å². The molecule has 0 saturated carbocycles. The number of aromatic hydroxyl groups is 1. The van der Waals surface area contributed by atoms with E-state index in [-0.39, 0.29) is 12.2 Å². The number of halogens is 1. The van der Waals surface area contributed by atoms with Gasteiger partial charge in [-0.1, -0.05) is 60.1 Å². The van der Waals surface area contributed by atoms with Crippen molar-refractivity contribution in [1.82, 2.24) is 5.32 Å². The molecular weight excluding hydrogens is 352 g/mol. The van der Waals surface area contributed by atoms with Crippen LogP contribution in [-0.4, -0.2) is 17.0 Å². The maximum Gasteiger partial charge on any atom is 0.120 e. The molecule has 0 fully saturated rings. The zero-order chi connectivity index (χ0) is 16.4. The molecule has 120 valence electrons. The fraction of sp³-hybridized carbons (Fsp3) is 0.316. The number of aliphatic imine (C=N–C) groups is 1. The van der Waals surface area contributed by atoms with E-state index in [1.807, 2.05) is 30.3 Å². The third kappa shape index (κ3) is 3.65. The second kappa shape index (κ2) is 6.85. The Hall–Kier alpha value is -1.65. The lowest BCUT2D eigenvalue weighted by Gasteiger charge is -2.32. The van der Waals surface area contributed by atoms with Crippen LogP contribution in [0.2, 0.25) is 0 Å². The number of benzene rings is 2. The maximum absolute atomic E-state index is 10.2. The summed E-state index contributed by atoms with van der Waals surface area (Å²) in [6.45, 7) is 4.32. The summed E-state index contributed by atoms with van der Waals surface area (Å²) >= 11 is 3.53. The average Bonchev–Trinajstić information content (AvgIpc) is 2.55. The van der Waals surface area contributed by atoms with Crippen LogP contribution in [-0.2, 0) is 0 Å². The molecule has 1 heterocycles. The van der Waals surface area contributed by atoms with Crippen molar-refractivity contribution in [3.05, 3.63) is 64.1 Å². The number of phenols is 1. The number of hydrogen-bond acceptors (Lipinski definition) is 3. The first-order chi connectivity index (χ1) is 11.0. The van der Waals surface area contributed by atoms with Crippen LogP contribution in [0.15, 0.2) is 58.0 Å². The zero-order valence-corrected chi connectivity index (χ0v) is 14.9. The van der Waals surface area contributed by atoms with E-state index in [9.17, 15) is 5.11 Å². The molecule has 0 saturated heterocycles. The fourth-order valence-electron chi connectivity index (χ4n) is 2.90. The third-order valence-corrected chi connectivity index (χ3v) is 4.66. The second-order valence-electron chi connectivity index (χ2n) is 6.26. The molecule has 1 aliphatic heterocycles. The molecule has 0 amide bonds. The quantitative estimate of drug-likeness (QED) is 0.822. The van der Waals surface area contributed by atoms with E-state index in [1.165, 1.54) is 0 Å². The standard InChI is InChI=1S/C19H21BrN2O/c1-12(2)19-21-16(13-6-5-7-14(20)10-13)11-17(22-19)15-8-3-4-9-18(15)23/h3-10,12,17,19,22-23H,11H2,1-2H3. The van der Waals surface area contributed by atoms with Gasteiger partial charge in [-0.25, -0.2) is 0 Å². The van der Waals surface area contributed by atoms with Crippen molar-refractivity contribution in [3.63, 3.8) is 0 Å². The molecular formula is C19H21BrN2O. The van der Waals surface area contributed by atoms with Gasteiger partial charge >= 0.3 is 0 Å². The Balaban J connectivity index is 1.98. The highest BCUT2D eigenvalue weighted by Gasteiger charge is 2.28. The predicted molar refractivity (Wildman–Crippen MR) is 97.9 cm³/mol. The minimum atomic E-state index is 0.0438. The minimum Gasteiger partial charge on any atom is -0.508 e.